The van der Waals surface area contributed by atoms with E-state index in [0.29, 0.717) is 26.7 Å². The number of halogens is 2. The normalized spacial score (nSPS) is 10.9. The van der Waals surface area contributed by atoms with Crippen LogP contribution in [0.2, 0.25) is 0 Å². The van der Waals surface area contributed by atoms with Gasteiger partial charge in [0.2, 0.25) is 0 Å². The molecule has 1 aromatic heterocycles. The van der Waals surface area contributed by atoms with Gasteiger partial charge in [-0.2, -0.15) is 0 Å². The second-order valence-corrected chi connectivity index (χ2v) is 8.63. The molecule has 136 valence electrons. The van der Waals surface area contributed by atoms with Crippen molar-refractivity contribution in [2.45, 2.75) is 33.1 Å². The number of hydrogen-bond donors (Lipinski definition) is 0. The molecule has 0 amide bonds. The van der Waals surface area contributed by atoms with Crippen LogP contribution in [0.25, 0.3) is 21.1 Å². The standard InChI is InChI=1S/C22H22F2OSe/c1-3-5-17-10-13-20(26-17)16-8-6-15(7-9-16)18-11-12-19(25-14-4-2)22(24)21(18)23/h6-13H,3-5,14H2,1-2H3. The van der Waals surface area contributed by atoms with E-state index in [1.54, 1.807) is 6.07 Å². The summed E-state index contributed by atoms with van der Waals surface area (Å²) in [7, 11) is 0. The minimum atomic E-state index is -0.921. The van der Waals surface area contributed by atoms with Gasteiger partial charge in [-0.25, -0.2) is 0 Å². The molecule has 4 heteroatoms. The van der Waals surface area contributed by atoms with Gasteiger partial charge in [-0.05, 0) is 0 Å². The number of benzene rings is 2. The molecule has 0 N–H and O–H groups in total. The zero-order valence-corrected chi connectivity index (χ0v) is 16.7. The maximum absolute atomic E-state index is 14.4. The molecule has 3 rings (SSSR count). The first-order valence-electron chi connectivity index (χ1n) is 8.94. The van der Waals surface area contributed by atoms with Gasteiger partial charge in [-0.15, -0.1) is 0 Å². The van der Waals surface area contributed by atoms with Gasteiger partial charge < -0.3 is 0 Å². The van der Waals surface area contributed by atoms with Gasteiger partial charge in [0.05, 0.1) is 0 Å². The van der Waals surface area contributed by atoms with Gasteiger partial charge in [0.25, 0.3) is 0 Å². The summed E-state index contributed by atoms with van der Waals surface area (Å²) in [4.78, 5) is 0. The zero-order chi connectivity index (χ0) is 18.5. The summed E-state index contributed by atoms with van der Waals surface area (Å²) in [5, 5.41) is 0. The van der Waals surface area contributed by atoms with Crippen molar-refractivity contribution in [3.63, 3.8) is 0 Å². The molecular formula is C22H22F2OSe. The Kier molecular flexibility index (Phi) is 6.29. The molecule has 0 saturated carbocycles. The summed E-state index contributed by atoms with van der Waals surface area (Å²) in [5.41, 5.74) is 2.08. The van der Waals surface area contributed by atoms with Gasteiger partial charge in [0.1, 0.15) is 0 Å². The van der Waals surface area contributed by atoms with Crippen LogP contribution < -0.4 is 4.74 Å². The van der Waals surface area contributed by atoms with Crippen LogP contribution in [-0.4, -0.2) is 21.1 Å². The van der Waals surface area contributed by atoms with Gasteiger partial charge in [0, 0.05) is 0 Å². The molecule has 0 atom stereocenters. The van der Waals surface area contributed by atoms with E-state index in [1.165, 1.54) is 14.9 Å². The molecule has 0 spiro atoms. The number of ether oxygens (including phenoxy) is 1. The Hall–Kier alpha value is -1.90. The Bertz CT molecular complexity index is 868. The van der Waals surface area contributed by atoms with Gasteiger partial charge in [-0.3, -0.25) is 0 Å². The van der Waals surface area contributed by atoms with Crippen molar-refractivity contribution < 1.29 is 13.5 Å². The van der Waals surface area contributed by atoms with E-state index in [-0.39, 0.29) is 11.3 Å². The van der Waals surface area contributed by atoms with Crippen LogP contribution in [-0.2, 0) is 6.42 Å². The number of aryl methyl sites for hydroxylation is 1. The fraction of sp³-hybridized carbons (Fsp3) is 0.273. The van der Waals surface area contributed by atoms with E-state index >= 15 is 0 Å². The summed E-state index contributed by atoms with van der Waals surface area (Å²) in [6.45, 7) is 4.48. The zero-order valence-electron chi connectivity index (χ0n) is 15.0. The molecular weight excluding hydrogens is 397 g/mol. The summed E-state index contributed by atoms with van der Waals surface area (Å²) < 4.78 is 36.7. The molecule has 0 radical (unpaired) electrons. The first-order chi connectivity index (χ1) is 12.6. The number of rotatable bonds is 7. The Labute approximate surface area is 159 Å². The third-order valence-electron chi connectivity index (χ3n) is 4.15. The predicted octanol–water partition coefficient (Wildman–Crippen LogP) is 6.10. The van der Waals surface area contributed by atoms with Crippen molar-refractivity contribution in [3.8, 4) is 26.9 Å². The van der Waals surface area contributed by atoms with Crippen LogP contribution >= 0.6 is 0 Å². The quantitative estimate of drug-likeness (QED) is 0.421. The summed E-state index contributed by atoms with van der Waals surface area (Å²) in [5.74, 6) is -1.81. The molecule has 26 heavy (non-hydrogen) atoms. The van der Waals surface area contributed by atoms with Crippen molar-refractivity contribution in [2.24, 2.45) is 0 Å². The van der Waals surface area contributed by atoms with Crippen LogP contribution in [0.1, 0.15) is 31.1 Å². The summed E-state index contributed by atoms with van der Waals surface area (Å²) in [6.07, 6.45) is 3.06. The van der Waals surface area contributed by atoms with Crippen molar-refractivity contribution in [1.82, 2.24) is 0 Å². The maximum atomic E-state index is 14.4. The van der Waals surface area contributed by atoms with E-state index in [1.807, 2.05) is 31.2 Å². The first kappa shape index (κ1) is 18.9. The summed E-state index contributed by atoms with van der Waals surface area (Å²) >= 11 is 0.368. The molecule has 3 aromatic rings. The first-order valence-corrected chi connectivity index (χ1v) is 10.7. The SMILES string of the molecule is CCCOc1ccc(-c2ccc(-c3ccc(CCC)[se]3)cc2)c(F)c1F. The monoisotopic (exact) mass is 420 g/mol. The van der Waals surface area contributed by atoms with Crippen LogP contribution in [0, 0.1) is 11.6 Å². The van der Waals surface area contributed by atoms with Gasteiger partial charge >= 0.3 is 152 Å². The molecule has 0 aliphatic rings. The second-order valence-electron chi connectivity index (χ2n) is 6.18. The average Bonchev–Trinajstić information content (AvgIpc) is 3.12. The molecule has 1 nitrogen and oxygen atoms in total. The Balaban J connectivity index is 1.85. The molecule has 0 bridgehead atoms. The fourth-order valence-corrected chi connectivity index (χ4v) is 5.14. The molecule has 0 fully saturated rings. The topological polar surface area (TPSA) is 9.23 Å². The van der Waals surface area contributed by atoms with E-state index in [2.05, 4.69) is 19.1 Å². The van der Waals surface area contributed by atoms with Crippen LogP contribution in [0.4, 0.5) is 8.78 Å². The van der Waals surface area contributed by atoms with E-state index in [9.17, 15) is 8.78 Å². The molecule has 1 heterocycles. The van der Waals surface area contributed by atoms with E-state index < -0.39 is 11.6 Å². The van der Waals surface area contributed by atoms with Gasteiger partial charge in [-0.1, -0.05) is 6.92 Å². The van der Waals surface area contributed by atoms with Gasteiger partial charge in [0.15, 0.2) is 0 Å². The molecule has 0 unspecified atom stereocenters. The van der Waals surface area contributed by atoms with E-state index in [0.717, 1.165) is 24.8 Å². The molecule has 0 saturated heterocycles. The Morgan fingerprint density at radius 3 is 2.23 bits per heavy atom. The third-order valence-corrected chi connectivity index (χ3v) is 6.65. The Morgan fingerprint density at radius 1 is 0.808 bits per heavy atom. The van der Waals surface area contributed by atoms with Crippen LogP contribution in [0.15, 0.2) is 48.5 Å². The van der Waals surface area contributed by atoms with Crippen LogP contribution in [0.3, 0.4) is 0 Å². The molecule has 0 aliphatic carbocycles. The average molecular weight is 419 g/mol. The van der Waals surface area contributed by atoms with Crippen molar-refractivity contribution in [2.75, 3.05) is 6.61 Å². The van der Waals surface area contributed by atoms with Crippen LogP contribution in [0.5, 0.6) is 5.75 Å². The second kappa shape index (κ2) is 8.66. The molecule has 0 aliphatic heterocycles. The molecule has 2 aromatic carbocycles. The fourth-order valence-electron chi connectivity index (χ4n) is 2.81. The van der Waals surface area contributed by atoms with E-state index in [4.69, 9.17) is 4.74 Å². The predicted molar refractivity (Wildman–Crippen MR) is 104 cm³/mol. The Morgan fingerprint density at radius 2 is 1.54 bits per heavy atom. The van der Waals surface area contributed by atoms with Crippen molar-refractivity contribution in [3.05, 3.63) is 64.6 Å². The number of hydrogen-bond acceptors (Lipinski definition) is 1. The van der Waals surface area contributed by atoms with Crippen molar-refractivity contribution >= 4 is 14.5 Å². The third kappa shape index (κ3) is 4.08. The van der Waals surface area contributed by atoms with Crippen molar-refractivity contribution in [1.29, 1.82) is 0 Å². The minimum absolute atomic E-state index is 0.0296. The summed E-state index contributed by atoms with van der Waals surface area (Å²) in [6, 6.07) is 15.2.